The molecule has 0 radical (unpaired) electrons. The lowest BCUT2D eigenvalue weighted by atomic mass is 9.87. The molecule has 27 heavy (non-hydrogen) atoms. The summed E-state index contributed by atoms with van der Waals surface area (Å²) in [4.78, 5) is 12.3. The van der Waals surface area contributed by atoms with E-state index in [0.29, 0.717) is 6.54 Å². The first-order chi connectivity index (χ1) is 12.7. The van der Waals surface area contributed by atoms with Crippen molar-refractivity contribution in [2.75, 3.05) is 18.1 Å². The lowest BCUT2D eigenvalue weighted by molar-refractivity contribution is 0.239. The van der Waals surface area contributed by atoms with Gasteiger partial charge in [-0.3, -0.25) is 4.31 Å². The largest absolute Gasteiger partial charge is 0.457 e. The predicted molar refractivity (Wildman–Crippen MR) is 116 cm³/mol. The number of carbonyl (C=O) groups excluding carboxylic acids is 1. The Morgan fingerprint density at radius 2 is 1.85 bits per heavy atom. The van der Waals surface area contributed by atoms with Gasteiger partial charge in [0.2, 0.25) is 0 Å². The van der Waals surface area contributed by atoms with Gasteiger partial charge < -0.3 is 10.1 Å². The number of carbonyl (C=O) groups is 1. The molecule has 0 bridgehead atoms. The number of aryl methyl sites for hydroxylation is 2. The molecule has 0 aliphatic carbocycles. The summed E-state index contributed by atoms with van der Waals surface area (Å²) >= 11 is 1.41. The van der Waals surface area contributed by atoms with Gasteiger partial charge in [0.25, 0.3) is 0 Å². The van der Waals surface area contributed by atoms with Crippen LogP contribution in [0.5, 0.6) is 11.5 Å². The molecule has 4 nitrogen and oxygen atoms in total. The van der Waals surface area contributed by atoms with Crippen molar-refractivity contribution in [2.45, 2.75) is 47.0 Å². The highest BCUT2D eigenvalue weighted by molar-refractivity contribution is 7.96. The highest BCUT2D eigenvalue weighted by atomic mass is 32.2. The summed E-state index contributed by atoms with van der Waals surface area (Å²) in [6.07, 6.45) is 1.89. The van der Waals surface area contributed by atoms with Gasteiger partial charge in [0.1, 0.15) is 11.5 Å². The molecule has 146 valence electrons. The van der Waals surface area contributed by atoms with E-state index < -0.39 is 0 Å². The molecule has 0 aliphatic heterocycles. The Kier molecular flexibility index (Phi) is 6.82. The van der Waals surface area contributed by atoms with E-state index >= 15 is 0 Å². The molecule has 0 unspecified atom stereocenters. The molecule has 2 aromatic carbocycles. The average molecular weight is 387 g/mol. The van der Waals surface area contributed by atoms with Crippen LogP contribution in [-0.4, -0.2) is 23.1 Å². The number of hydrogen-bond acceptors (Lipinski definition) is 3. The summed E-state index contributed by atoms with van der Waals surface area (Å²) in [6.45, 7) is 13.1. The molecule has 0 saturated heterocycles. The molecule has 0 atom stereocenters. The molecular formula is C22H30N2O2S. The highest BCUT2D eigenvalue weighted by Crippen LogP contribution is 2.32. The van der Waals surface area contributed by atoms with Crippen molar-refractivity contribution in [3.05, 3.63) is 53.1 Å². The van der Waals surface area contributed by atoms with Crippen molar-refractivity contribution in [2.24, 2.45) is 0 Å². The van der Waals surface area contributed by atoms with Crippen LogP contribution in [0.4, 0.5) is 10.5 Å². The maximum Gasteiger partial charge on any atom is 0.331 e. The van der Waals surface area contributed by atoms with Crippen LogP contribution in [0.1, 0.15) is 44.4 Å². The third kappa shape index (κ3) is 5.42. The second-order valence-electron chi connectivity index (χ2n) is 7.62. The number of nitrogens with one attached hydrogen (secondary N) is 1. The Bertz CT molecular complexity index is 808. The third-order valence-corrected chi connectivity index (χ3v) is 5.29. The number of rotatable bonds is 5. The van der Waals surface area contributed by atoms with Gasteiger partial charge in [-0.25, -0.2) is 4.79 Å². The first-order valence-corrected chi connectivity index (χ1v) is 10.4. The molecule has 0 aliphatic rings. The zero-order valence-electron chi connectivity index (χ0n) is 17.3. The zero-order valence-corrected chi connectivity index (χ0v) is 18.2. The van der Waals surface area contributed by atoms with Crippen molar-refractivity contribution in [3.63, 3.8) is 0 Å². The standard InChI is InChI=1S/C22H30N2O2S/c1-8-24(27-7)21(25)23-19-12-16(3)20(13-15(19)2)26-18-11-9-10-17(14-18)22(4,5)6/h9-14H,8H2,1-7H3,(H,23,25). The smallest absolute Gasteiger partial charge is 0.331 e. The van der Waals surface area contributed by atoms with Gasteiger partial charge in [-0.05, 0) is 79.1 Å². The van der Waals surface area contributed by atoms with Crippen molar-refractivity contribution in [1.29, 1.82) is 0 Å². The van der Waals surface area contributed by atoms with Gasteiger partial charge >= 0.3 is 6.03 Å². The van der Waals surface area contributed by atoms with E-state index in [1.54, 1.807) is 4.31 Å². The van der Waals surface area contributed by atoms with Crippen LogP contribution >= 0.6 is 11.9 Å². The fourth-order valence-electron chi connectivity index (χ4n) is 2.72. The minimum Gasteiger partial charge on any atom is -0.457 e. The number of urea groups is 1. The lowest BCUT2D eigenvalue weighted by Crippen LogP contribution is -2.29. The van der Waals surface area contributed by atoms with Gasteiger partial charge in [0.05, 0.1) is 0 Å². The van der Waals surface area contributed by atoms with E-state index in [2.05, 4.69) is 38.2 Å². The van der Waals surface area contributed by atoms with E-state index in [9.17, 15) is 4.79 Å². The van der Waals surface area contributed by atoms with E-state index in [0.717, 1.165) is 28.3 Å². The Balaban J connectivity index is 2.23. The summed E-state index contributed by atoms with van der Waals surface area (Å²) < 4.78 is 7.83. The van der Waals surface area contributed by atoms with Crippen LogP contribution in [0.25, 0.3) is 0 Å². The minimum atomic E-state index is -0.112. The number of ether oxygens (including phenoxy) is 1. The van der Waals surface area contributed by atoms with Crippen molar-refractivity contribution in [1.82, 2.24) is 4.31 Å². The van der Waals surface area contributed by atoms with Crippen molar-refractivity contribution >= 4 is 23.7 Å². The number of amides is 2. The van der Waals surface area contributed by atoms with E-state index in [1.165, 1.54) is 17.5 Å². The van der Waals surface area contributed by atoms with E-state index in [4.69, 9.17) is 4.74 Å². The Labute approximate surface area is 167 Å². The van der Waals surface area contributed by atoms with Gasteiger partial charge in [-0.15, -0.1) is 0 Å². The normalized spacial score (nSPS) is 11.2. The highest BCUT2D eigenvalue weighted by Gasteiger charge is 2.16. The van der Waals surface area contributed by atoms with Crippen LogP contribution in [0.15, 0.2) is 36.4 Å². The minimum absolute atomic E-state index is 0.0703. The Hall–Kier alpha value is -2.14. The van der Waals surface area contributed by atoms with Gasteiger partial charge in [-0.2, -0.15) is 0 Å². The van der Waals surface area contributed by atoms with Gasteiger partial charge in [0.15, 0.2) is 0 Å². The third-order valence-electron chi connectivity index (χ3n) is 4.43. The summed E-state index contributed by atoms with van der Waals surface area (Å²) in [6, 6.07) is 12.0. The molecule has 0 fully saturated rings. The van der Waals surface area contributed by atoms with Crippen LogP contribution < -0.4 is 10.1 Å². The first kappa shape index (κ1) is 21.2. The number of hydrogen-bond donors (Lipinski definition) is 1. The fourth-order valence-corrected chi connectivity index (χ4v) is 3.19. The monoisotopic (exact) mass is 386 g/mol. The molecule has 0 spiro atoms. The maximum atomic E-state index is 12.3. The summed E-state index contributed by atoms with van der Waals surface area (Å²) in [5, 5.41) is 2.98. The van der Waals surface area contributed by atoms with Crippen LogP contribution in [0.2, 0.25) is 0 Å². The zero-order chi connectivity index (χ0) is 20.2. The Morgan fingerprint density at radius 3 is 2.44 bits per heavy atom. The topological polar surface area (TPSA) is 41.6 Å². The summed E-state index contributed by atoms with van der Waals surface area (Å²) in [7, 11) is 0. The first-order valence-electron chi connectivity index (χ1n) is 9.18. The maximum absolute atomic E-state index is 12.3. The molecule has 0 saturated carbocycles. The molecule has 0 aromatic heterocycles. The van der Waals surface area contributed by atoms with Crippen LogP contribution in [-0.2, 0) is 5.41 Å². The number of nitrogens with zero attached hydrogens (tertiary/aromatic N) is 1. The quantitative estimate of drug-likeness (QED) is 0.594. The van der Waals surface area contributed by atoms with Crippen molar-refractivity contribution < 1.29 is 9.53 Å². The number of anilines is 1. The van der Waals surface area contributed by atoms with E-state index in [-0.39, 0.29) is 11.4 Å². The van der Waals surface area contributed by atoms with E-state index in [1.807, 2.05) is 51.3 Å². The molecule has 1 N–H and O–H groups in total. The lowest BCUT2D eigenvalue weighted by Gasteiger charge is -2.21. The molecule has 5 heteroatoms. The van der Waals surface area contributed by atoms with Gasteiger partial charge in [-0.1, -0.05) is 32.9 Å². The Morgan fingerprint density at radius 1 is 1.15 bits per heavy atom. The second-order valence-corrected chi connectivity index (χ2v) is 8.43. The summed E-state index contributed by atoms with van der Waals surface area (Å²) in [5.41, 5.74) is 4.05. The predicted octanol–water partition coefficient (Wildman–Crippen LogP) is 6.53. The molecule has 2 aromatic rings. The molecule has 0 heterocycles. The number of benzene rings is 2. The molecule has 2 rings (SSSR count). The molecule has 2 amide bonds. The van der Waals surface area contributed by atoms with Crippen molar-refractivity contribution in [3.8, 4) is 11.5 Å². The van der Waals surface area contributed by atoms with Crippen LogP contribution in [0.3, 0.4) is 0 Å². The fraction of sp³-hybridized carbons (Fsp3) is 0.409. The average Bonchev–Trinajstić information content (AvgIpc) is 2.60. The molecular weight excluding hydrogens is 356 g/mol. The SMILES string of the molecule is CCN(SC)C(=O)Nc1cc(C)c(Oc2cccc(C(C)(C)C)c2)cc1C. The summed E-state index contributed by atoms with van der Waals surface area (Å²) in [5.74, 6) is 1.62. The second kappa shape index (κ2) is 8.70. The van der Waals surface area contributed by atoms with Gasteiger partial charge in [0, 0.05) is 18.5 Å². The van der Waals surface area contributed by atoms with Crippen LogP contribution in [0, 0.1) is 13.8 Å².